The Morgan fingerprint density at radius 1 is 1.29 bits per heavy atom. The van der Waals surface area contributed by atoms with Crippen LogP contribution in [0.1, 0.15) is 25.7 Å². The zero-order valence-corrected chi connectivity index (χ0v) is 15.2. The highest BCUT2D eigenvalue weighted by Crippen LogP contribution is 2.23. The Balaban J connectivity index is 1.61. The summed E-state index contributed by atoms with van der Waals surface area (Å²) in [6.07, 6.45) is 4.18. The van der Waals surface area contributed by atoms with E-state index in [1.165, 1.54) is 0 Å². The van der Waals surface area contributed by atoms with E-state index in [1.807, 2.05) is 6.07 Å². The summed E-state index contributed by atoms with van der Waals surface area (Å²) in [5.74, 6) is 0. The number of sulfonamides is 1. The first kappa shape index (κ1) is 17.6. The highest BCUT2D eigenvalue weighted by atomic mass is 32.2. The van der Waals surface area contributed by atoms with E-state index in [0.717, 1.165) is 32.3 Å². The number of ether oxygens (including phenoxy) is 1. The molecular weight excluding hydrogens is 346 g/mol. The molecule has 1 aromatic carbocycles. The second-order valence-electron chi connectivity index (χ2n) is 6.11. The van der Waals surface area contributed by atoms with Gasteiger partial charge >= 0.3 is 0 Å². The minimum Gasteiger partial charge on any atom is -0.376 e. The minimum absolute atomic E-state index is 0.201. The predicted molar refractivity (Wildman–Crippen MR) is 97.6 cm³/mol. The average molecular weight is 370 g/mol. The molecule has 2 aliphatic heterocycles. The van der Waals surface area contributed by atoms with Gasteiger partial charge in [-0.05, 0) is 56.1 Å². The van der Waals surface area contributed by atoms with Crippen LogP contribution in [-0.4, -0.2) is 50.2 Å². The fourth-order valence-electron chi connectivity index (χ4n) is 3.00. The lowest BCUT2D eigenvalue weighted by Crippen LogP contribution is -2.34. The molecule has 3 rings (SSSR count). The molecule has 0 aliphatic carbocycles. The van der Waals surface area contributed by atoms with Crippen molar-refractivity contribution in [3.05, 3.63) is 24.3 Å². The summed E-state index contributed by atoms with van der Waals surface area (Å²) in [5.41, 5.74) is 0.667. The number of rotatable bonds is 5. The van der Waals surface area contributed by atoms with Crippen molar-refractivity contribution >= 4 is 33.0 Å². The largest absolute Gasteiger partial charge is 0.376 e. The maximum absolute atomic E-state index is 12.6. The summed E-state index contributed by atoms with van der Waals surface area (Å²) in [5, 5.41) is 6.65. The van der Waals surface area contributed by atoms with E-state index in [9.17, 15) is 8.42 Å². The van der Waals surface area contributed by atoms with Gasteiger partial charge in [0.1, 0.15) is 0 Å². The first-order chi connectivity index (χ1) is 11.6. The summed E-state index contributed by atoms with van der Waals surface area (Å²) >= 11 is 5.28. The summed E-state index contributed by atoms with van der Waals surface area (Å²) in [7, 11) is -3.41. The van der Waals surface area contributed by atoms with E-state index < -0.39 is 10.0 Å². The Morgan fingerprint density at radius 2 is 2.08 bits per heavy atom. The first-order valence-corrected chi connectivity index (χ1v) is 10.2. The van der Waals surface area contributed by atoms with Crippen molar-refractivity contribution in [1.82, 2.24) is 9.62 Å². The van der Waals surface area contributed by atoms with E-state index in [-0.39, 0.29) is 6.10 Å². The van der Waals surface area contributed by atoms with Crippen molar-refractivity contribution in [1.29, 1.82) is 0 Å². The van der Waals surface area contributed by atoms with Crippen LogP contribution in [0.4, 0.5) is 5.69 Å². The highest BCUT2D eigenvalue weighted by Gasteiger charge is 2.27. The standard InChI is InChI=1S/C16H23N3O3S2/c20-24(21,19-8-1-2-9-19)15-7-3-5-13(11-15)18-16(23)17-12-14-6-4-10-22-14/h3,5,7,11,14H,1-2,4,6,8-10,12H2,(H2,17,18,23)/t14-/m1/s1. The third kappa shape index (κ3) is 4.24. The highest BCUT2D eigenvalue weighted by molar-refractivity contribution is 7.89. The summed E-state index contributed by atoms with van der Waals surface area (Å²) in [6, 6.07) is 6.80. The van der Waals surface area contributed by atoms with E-state index in [0.29, 0.717) is 35.3 Å². The Hall–Kier alpha value is -1.22. The van der Waals surface area contributed by atoms with Crippen molar-refractivity contribution in [3.8, 4) is 0 Å². The molecule has 24 heavy (non-hydrogen) atoms. The van der Waals surface area contributed by atoms with Gasteiger partial charge in [-0.15, -0.1) is 0 Å². The Labute approximate surface area is 148 Å². The van der Waals surface area contributed by atoms with Crippen molar-refractivity contribution in [2.45, 2.75) is 36.7 Å². The van der Waals surface area contributed by atoms with Crippen LogP contribution in [0.3, 0.4) is 0 Å². The van der Waals surface area contributed by atoms with Gasteiger partial charge in [-0.1, -0.05) is 6.07 Å². The van der Waals surface area contributed by atoms with Crippen LogP contribution in [0.2, 0.25) is 0 Å². The molecule has 2 fully saturated rings. The van der Waals surface area contributed by atoms with Crippen LogP contribution in [0.5, 0.6) is 0 Å². The number of nitrogens with zero attached hydrogens (tertiary/aromatic N) is 1. The van der Waals surface area contributed by atoms with E-state index in [2.05, 4.69) is 10.6 Å². The molecule has 0 saturated carbocycles. The predicted octanol–water partition coefficient (Wildman–Crippen LogP) is 1.94. The van der Waals surface area contributed by atoms with E-state index >= 15 is 0 Å². The molecule has 0 radical (unpaired) electrons. The molecule has 2 N–H and O–H groups in total. The molecule has 0 spiro atoms. The number of benzene rings is 1. The number of hydrogen-bond acceptors (Lipinski definition) is 4. The molecular formula is C16H23N3O3S2. The molecule has 0 aromatic heterocycles. The molecule has 2 aliphatic rings. The summed E-state index contributed by atoms with van der Waals surface area (Å²) < 4.78 is 32.3. The molecule has 0 bridgehead atoms. The monoisotopic (exact) mass is 369 g/mol. The van der Waals surface area contributed by atoms with Crippen LogP contribution < -0.4 is 10.6 Å². The maximum atomic E-state index is 12.6. The molecule has 1 atom stereocenters. The lowest BCUT2D eigenvalue weighted by Gasteiger charge is -2.17. The first-order valence-electron chi connectivity index (χ1n) is 8.32. The maximum Gasteiger partial charge on any atom is 0.243 e. The van der Waals surface area contributed by atoms with Crippen molar-refractivity contribution < 1.29 is 13.2 Å². The lowest BCUT2D eigenvalue weighted by atomic mass is 10.2. The van der Waals surface area contributed by atoms with Crippen molar-refractivity contribution in [3.63, 3.8) is 0 Å². The Bertz CT molecular complexity index is 682. The molecule has 8 heteroatoms. The molecule has 1 aromatic rings. The molecule has 132 valence electrons. The van der Waals surface area contributed by atoms with Gasteiger partial charge in [0.2, 0.25) is 10.0 Å². The Kier molecular flexibility index (Phi) is 5.70. The van der Waals surface area contributed by atoms with Gasteiger partial charge in [-0.2, -0.15) is 4.31 Å². The average Bonchev–Trinajstić information content (AvgIpc) is 3.27. The van der Waals surface area contributed by atoms with Gasteiger partial charge in [0.15, 0.2) is 5.11 Å². The van der Waals surface area contributed by atoms with Crippen LogP contribution >= 0.6 is 12.2 Å². The topological polar surface area (TPSA) is 70.7 Å². The quantitative estimate of drug-likeness (QED) is 0.773. The van der Waals surface area contributed by atoms with Gasteiger partial charge in [0.05, 0.1) is 11.0 Å². The SMILES string of the molecule is O=S(=O)(c1cccc(NC(=S)NC[C@H]2CCCO2)c1)N1CCCC1. The van der Waals surface area contributed by atoms with Crippen molar-refractivity contribution in [2.75, 3.05) is 31.6 Å². The van der Waals surface area contributed by atoms with Gasteiger partial charge in [-0.25, -0.2) is 8.42 Å². The second-order valence-corrected chi connectivity index (χ2v) is 8.46. The van der Waals surface area contributed by atoms with E-state index in [1.54, 1.807) is 22.5 Å². The third-order valence-corrected chi connectivity index (χ3v) is 6.45. The molecule has 0 amide bonds. The molecule has 2 saturated heterocycles. The van der Waals surface area contributed by atoms with E-state index in [4.69, 9.17) is 17.0 Å². The number of hydrogen-bond donors (Lipinski definition) is 2. The van der Waals surface area contributed by atoms with Crippen LogP contribution in [-0.2, 0) is 14.8 Å². The van der Waals surface area contributed by atoms with Crippen molar-refractivity contribution in [2.24, 2.45) is 0 Å². The molecule has 2 heterocycles. The molecule has 0 unspecified atom stereocenters. The second kappa shape index (κ2) is 7.77. The van der Waals surface area contributed by atoms with Crippen LogP contribution in [0, 0.1) is 0 Å². The smallest absolute Gasteiger partial charge is 0.243 e. The fraction of sp³-hybridized carbons (Fsp3) is 0.562. The number of anilines is 1. The number of thiocarbonyl (C=S) groups is 1. The lowest BCUT2D eigenvalue weighted by molar-refractivity contribution is 0.114. The normalized spacial score (nSPS) is 21.8. The van der Waals surface area contributed by atoms with Gasteiger partial charge in [0, 0.05) is 31.9 Å². The fourth-order valence-corrected chi connectivity index (χ4v) is 4.76. The van der Waals surface area contributed by atoms with Gasteiger partial charge in [-0.3, -0.25) is 0 Å². The van der Waals surface area contributed by atoms with Gasteiger partial charge in [0.25, 0.3) is 0 Å². The summed E-state index contributed by atoms with van der Waals surface area (Å²) in [4.78, 5) is 0.302. The van der Waals surface area contributed by atoms with Crippen LogP contribution in [0.25, 0.3) is 0 Å². The van der Waals surface area contributed by atoms with Crippen LogP contribution in [0.15, 0.2) is 29.2 Å². The minimum atomic E-state index is -3.41. The molecule has 6 nitrogen and oxygen atoms in total. The Morgan fingerprint density at radius 3 is 2.79 bits per heavy atom. The number of nitrogens with one attached hydrogen (secondary N) is 2. The summed E-state index contributed by atoms with van der Waals surface area (Å²) in [6.45, 7) is 2.67. The van der Waals surface area contributed by atoms with Gasteiger partial charge < -0.3 is 15.4 Å². The third-order valence-electron chi connectivity index (χ3n) is 4.31. The zero-order valence-electron chi connectivity index (χ0n) is 13.5. The zero-order chi connectivity index (χ0) is 17.0.